The Hall–Kier alpha value is -1.59. The van der Waals surface area contributed by atoms with Crippen LogP contribution in [0.5, 0.6) is 0 Å². The van der Waals surface area contributed by atoms with Crippen LogP contribution in [0, 0.1) is 11.8 Å². The molecule has 0 aliphatic rings. The molecular formula is C69H134O6. The molecule has 6 nitrogen and oxygen atoms in total. The van der Waals surface area contributed by atoms with E-state index in [9.17, 15) is 14.4 Å². The molecule has 0 spiro atoms. The molecule has 0 radical (unpaired) electrons. The minimum absolute atomic E-state index is 0.0613. The largest absolute Gasteiger partial charge is 0.462 e. The lowest BCUT2D eigenvalue weighted by atomic mass is 9.99. The van der Waals surface area contributed by atoms with Crippen LogP contribution in [-0.4, -0.2) is 37.2 Å². The summed E-state index contributed by atoms with van der Waals surface area (Å²) >= 11 is 0. The van der Waals surface area contributed by atoms with Gasteiger partial charge in [-0.1, -0.05) is 356 Å². The second-order valence-electron chi connectivity index (χ2n) is 24.5. The standard InChI is InChI=1S/C69H134O6/c1-6-8-9-10-11-12-13-14-15-16-20-24-31-36-41-46-51-56-61-69(72)75-66(63-74-68(71)60-55-50-45-40-35-30-26-25-28-33-38-43-48-53-58-65(5)7-2)62-73-67(70)59-54-49-44-39-34-29-23-21-18-17-19-22-27-32-37-42-47-52-57-64(3)4/h64-66H,6-63H2,1-5H3/t65?,66-/m1/s1. The van der Waals surface area contributed by atoms with Gasteiger partial charge in [0.1, 0.15) is 13.2 Å². The van der Waals surface area contributed by atoms with Gasteiger partial charge in [0.25, 0.3) is 0 Å². The lowest BCUT2D eigenvalue weighted by Gasteiger charge is -2.18. The van der Waals surface area contributed by atoms with Crippen molar-refractivity contribution >= 4 is 17.9 Å². The summed E-state index contributed by atoms with van der Waals surface area (Å²) in [5.41, 5.74) is 0. The summed E-state index contributed by atoms with van der Waals surface area (Å²) in [6.45, 7) is 11.5. The third-order valence-corrected chi connectivity index (χ3v) is 16.3. The van der Waals surface area contributed by atoms with Gasteiger partial charge in [0.05, 0.1) is 0 Å². The van der Waals surface area contributed by atoms with Gasteiger partial charge < -0.3 is 14.2 Å². The molecule has 0 aliphatic carbocycles. The molecule has 0 bridgehead atoms. The van der Waals surface area contributed by atoms with Gasteiger partial charge in [0.2, 0.25) is 0 Å². The van der Waals surface area contributed by atoms with Gasteiger partial charge in [-0.05, 0) is 31.1 Å². The fourth-order valence-corrected chi connectivity index (χ4v) is 10.8. The maximum atomic E-state index is 12.9. The van der Waals surface area contributed by atoms with Gasteiger partial charge in [-0.25, -0.2) is 0 Å². The van der Waals surface area contributed by atoms with Crippen LogP contribution in [0.4, 0.5) is 0 Å². The molecule has 2 atom stereocenters. The van der Waals surface area contributed by atoms with Crippen LogP contribution in [0.25, 0.3) is 0 Å². The Morgan fingerprint density at radius 2 is 0.507 bits per heavy atom. The van der Waals surface area contributed by atoms with E-state index < -0.39 is 6.10 Å². The fourth-order valence-electron chi connectivity index (χ4n) is 10.8. The van der Waals surface area contributed by atoms with Crippen LogP contribution in [0.2, 0.25) is 0 Å². The van der Waals surface area contributed by atoms with Crippen molar-refractivity contribution in [2.75, 3.05) is 13.2 Å². The van der Waals surface area contributed by atoms with Crippen molar-refractivity contribution in [2.45, 2.75) is 400 Å². The molecule has 0 aromatic rings. The highest BCUT2D eigenvalue weighted by atomic mass is 16.6. The summed E-state index contributed by atoms with van der Waals surface area (Å²) < 4.78 is 17.0. The highest BCUT2D eigenvalue weighted by molar-refractivity contribution is 5.71. The van der Waals surface area contributed by atoms with E-state index in [1.807, 2.05) is 0 Å². The number of unbranched alkanes of at least 4 members (excludes halogenated alkanes) is 47. The fraction of sp³-hybridized carbons (Fsp3) is 0.957. The zero-order valence-electron chi connectivity index (χ0n) is 51.7. The summed E-state index contributed by atoms with van der Waals surface area (Å²) in [4.78, 5) is 38.4. The lowest BCUT2D eigenvalue weighted by molar-refractivity contribution is -0.167. The Balaban J connectivity index is 4.28. The molecule has 0 rings (SSSR count). The highest BCUT2D eigenvalue weighted by Crippen LogP contribution is 2.20. The van der Waals surface area contributed by atoms with Gasteiger partial charge >= 0.3 is 17.9 Å². The van der Waals surface area contributed by atoms with Crippen LogP contribution in [0.15, 0.2) is 0 Å². The van der Waals surface area contributed by atoms with Crippen LogP contribution in [0.1, 0.15) is 394 Å². The molecule has 75 heavy (non-hydrogen) atoms. The molecule has 446 valence electrons. The van der Waals surface area contributed by atoms with Crippen LogP contribution in [-0.2, 0) is 28.6 Å². The second kappa shape index (κ2) is 61.6. The van der Waals surface area contributed by atoms with E-state index in [2.05, 4.69) is 34.6 Å². The highest BCUT2D eigenvalue weighted by Gasteiger charge is 2.20. The molecule has 0 N–H and O–H groups in total. The van der Waals surface area contributed by atoms with E-state index in [0.717, 1.165) is 69.6 Å². The molecule has 0 amide bonds. The minimum Gasteiger partial charge on any atom is -0.462 e. The number of esters is 3. The topological polar surface area (TPSA) is 78.9 Å². The van der Waals surface area contributed by atoms with Crippen molar-refractivity contribution in [3.63, 3.8) is 0 Å². The number of ether oxygens (including phenoxy) is 3. The molecular weight excluding hydrogens is 925 g/mol. The van der Waals surface area contributed by atoms with Gasteiger partial charge in [-0.2, -0.15) is 0 Å². The second-order valence-corrected chi connectivity index (χ2v) is 24.5. The Bertz CT molecular complexity index is 1150. The Morgan fingerprint density at radius 1 is 0.280 bits per heavy atom. The van der Waals surface area contributed by atoms with Gasteiger partial charge in [0.15, 0.2) is 6.10 Å². The van der Waals surface area contributed by atoms with Gasteiger partial charge in [-0.15, -0.1) is 0 Å². The third-order valence-electron chi connectivity index (χ3n) is 16.3. The SMILES string of the molecule is CCCCCCCCCCCCCCCCCCCCC(=O)O[C@H](COC(=O)CCCCCCCCCCCCCCCCCCCCC(C)C)COC(=O)CCCCCCCCCCCCCCCCC(C)CC. The predicted octanol–water partition coefficient (Wildman–Crippen LogP) is 23.2. The van der Waals surface area contributed by atoms with E-state index in [-0.39, 0.29) is 31.1 Å². The number of rotatable bonds is 63. The number of hydrogen-bond acceptors (Lipinski definition) is 6. The van der Waals surface area contributed by atoms with Crippen molar-refractivity contribution in [1.29, 1.82) is 0 Å². The van der Waals surface area contributed by atoms with Crippen LogP contribution < -0.4 is 0 Å². The van der Waals surface area contributed by atoms with Crippen molar-refractivity contribution in [1.82, 2.24) is 0 Å². The van der Waals surface area contributed by atoms with Gasteiger partial charge in [-0.3, -0.25) is 14.4 Å². The third kappa shape index (κ3) is 61.5. The molecule has 0 saturated carbocycles. The van der Waals surface area contributed by atoms with Crippen LogP contribution >= 0.6 is 0 Å². The van der Waals surface area contributed by atoms with E-state index >= 15 is 0 Å². The zero-order valence-corrected chi connectivity index (χ0v) is 51.7. The van der Waals surface area contributed by atoms with E-state index in [0.29, 0.717) is 19.3 Å². The lowest BCUT2D eigenvalue weighted by Crippen LogP contribution is -2.30. The number of carbonyl (C=O) groups excluding carboxylic acids is 3. The first-order valence-corrected chi connectivity index (χ1v) is 34.3. The first kappa shape index (κ1) is 73.4. The maximum Gasteiger partial charge on any atom is 0.306 e. The van der Waals surface area contributed by atoms with E-state index in [1.165, 1.54) is 283 Å². The molecule has 0 fully saturated rings. The van der Waals surface area contributed by atoms with Crippen LogP contribution in [0.3, 0.4) is 0 Å². The van der Waals surface area contributed by atoms with Gasteiger partial charge in [0, 0.05) is 19.3 Å². The molecule has 0 heterocycles. The molecule has 6 heteroatoms. The van der Waals surface area contributed by atoms with Crippen molar-refractivity contribution in [3.05, 3.63) is 0 Å². The van der Waals surface area contributed by atoms with E-state index in [4.69, 9.17) is 14.2 Å². The Kier molecular flexibility index (Phi) is 60.3. The summed E-state index contributed by atoms with van der Waals surface area (Å²) in [5.74, 6) is 0.929. The molecule has 1 unspecified atom stereocenters. The Labute approximate surface area is 469 Å². The minimum atomic E-state index is -0.764. The van der Waals surface area contributed by atoms with Crippen molar-refractivity contribution in [2.24, 2.45) is 11.8 Å². The molecule has 0 saturated heterocycles. The zero-order chi connectivity index (χ0) is 54.6. The average molecular weight is 1060 g/mol. The smallest absolute Gasteiger partial charge is 0.306 e. The Morgan fingerprint density at radius 3 is 0.760 bits per heavy atom. The first-order chi connectivity index (χ1) is 36.8. The molecule has 0 aromatic heterocycles. The predicted molar refractivity (Wildman–Crippen MR) is 326 cm³/mol. The number of carbonyl (C=O) groups is 3. The maximum absolute atomic E-state index is 12.9. The average Bonchev–Trinajstić information content (AvgIpc) is 3.40. The summed E-state index contributed by atoms with van der Waals surface area (Å²) in [6, 6.07) is 0. The van der Waals surface area contributed by atoms with E-state index in [1.54, 1.807) is 0 Å². The summed E-state index contributed by atoms with van der Waals surface area (Å²) in [5, 5.41) is 0. The van der Waals surface area contributed by atoms with Crippen molar-refractivity contribution in [3.8, 4) is 0 Å². The first-order valence-electron chi connectivity index (χ1n) is 34.3. The summed E-state index contributed by atoms with van der Waals surface area (Å²) in [7, 11) is 0. The summed E-state index contributed by atoms with van der Waals surface area (Å²) in [6.07, 6.45) is 69.6. The quantitative estimate of drug-likeness (QED) is 0.0343. The molecule has 0 aliphatic heterocycles. The van der Waals surface area contributed by atoms with Crippen molar-refractivity contribution < 1.29 is 28.6 Å². The molecule has 0 aromatic carbocycles. The normalized spacial score (nSPS) is 12.4. The number of hydrogen-bond donors (Lipinski definition) is 0. The monoisotopic (exact) mass is 1060 g/mol.